The summed E-state index contributed by atoms with van der Waals surface area (Å²) >= 11 is 14.2. The van der Waals surface area contributed by atoms with E-state index < -0.39 is 0 Å². The highest BCUT2D eigenvalue weighted by Gasteiger charge is 2.29. The molecule has 0 spiro atoms. The largest absolute Gasteiger partial charge is 0.374 e. The van der Waals surface area contributed by atoms with Gasteiger partial charge in [0.15, 0.2) is 0 Å². The molecule has 1 atom stereocenters. The topological polar surface area (TPSA) is 29.5 Å². The van der Waals surface area contributed by atoms with Crippen molar-refractivity contribution in [2.45, 2.75) is 30.7 Å². The maximum absolute atomic E-state index is 12.9. The van der Waals surface area contributed by atoms with Crippen LogP contribution < -0.4 is 0 Å². The van der Waals surface area contributed by atoms with Crippen LogP contribution in [0, 0.1) is 0 Å². The third-order valence-corrected chi connectivity index (χ3v) is 6.49. The molecule has 0 bridgehead atoms. The van der Waals surface area contributed by atoms with Crippen molar-refractivity contribution in [3.63, 3.8) is 0 Å². The maximum Gasteiger partial charge on any atom is 0.227 e. The standard InChI is InChI=1S/C20H21Cl2NO2S/c1-13-14-5-3-8-19(26-12-25-2)15(14)9-10-23(13)20(24)11-16-17(21)6-4-7-18(16)22/h3-8,13H,9-12H2,1-2H3. The summed E-state index contributed by atoms with van der Waals surface area (Å²) in [4.78, 5) is 16.1. The number of fused-ring (bicyclic) bond motifs is 1. The van der Waals surface area contributed by atoms with Gasteiger partial charge in [0.2, 0.25) is 5.91 Å². The zero-order valence-electron chi connectivity index (χ0n) is 14.8. The minimum absolute atomic E-state index is 0.0237. The molecule has 26 heavy (non-hydrogen) atoms. The predicted octanol–water partition coefficient (Wildman–Crippen LogP) is 5.38. The van der Waals surface area contributed by atoms with Gasteiger partial charge in [-0.3, -0.25) is 4.79 Å². The van der Waals surface area contributed by atoms with E-state index >= 15 is 0 Å². The molecule has 6 heteroatoms. The molecule has 0 aliphatic carbocycles. The van der Waals surface area contributed by atoms with Crippen LogP contribution in [0.2, 0.25) is 10.0 Å². The Labute approximate surface area is 168 Å². The summed E-state index contributed by atoms with van der Waals surface area (Å²) in [7, 11) is 1.70. The van der Waals surface area contributed by atoms with Crippen molar-refractivity contribution in [2.75, 3.05) is 19.6 Å². The lowest BCUT2D eigenvalue weighted by Crippen LogP contribution is -2.40. The van der Waals surface area contributed by atoms with Crippen molar-refractivity contribution in [3.8, 4) is 0 Å². The molecule has 1 heterocycles. The van der Waals surface area contributed by atoms with Crippen molar-refractivity contribution in [3.05, 3.63) is 63.1 Å². The van der Waals surface area contributed by atoms with Gasteiger partial charge in [-0.25, -0.2) is 0 Å². The first-order valence-corrected chi connectivity index (χ1v) is 10.2. The van der Waals surface area contributed by atoms with Gasteiger partial charge in [-0.15, -0.1) is 0 Å². The van der Waals surface area contributed by atoms with Crippen molar-refractivity contribution in [1.82, 2.24) is 4.90 Å². The minimum Gasteiger partial charge on any atom is -0.374 e. The quantitative estimate of drug-likeness (QED) is 0.490. The van der Waals surface area contributed by atoms with Crippen molar-refractivity contribution < 1.29 is 9.53 Å². The number of hydrogen-bond donors (Lipinski definition) is 0. The summed E-state index contributed by atoms with van der Waals surface area (Å²) < 4.78 is 5.19. The van der Waals surface area contributed by atoms with Crippen LogP contribution in [0.5, 0.6) is 0 Å². The first kappa shape index (κ1) is 19.6. The Kier molecular flexibility index (Phi) is 6.51. The van der Waals surface area contributed by atoms with Crippen molar-refractivity contribution in [1.29, 1.82) is 0 Å². The van der Waals surface area contributed by atoms with Gasteiger partial charge in [0.05, 0.1) is 18.4 Å². The van der Waals surface area contributed by atoms with E-state index in [1.54, 1.807) is 37.1 Å². The Hall–Kier alpha value is -1.20. The number of carbonyl (C=O) groups excluding carboxylic acids is 1. The fraction of sp³-hybridized carbons (Fsp3) is 0.350. The van der Waals surface area contributed by atoms with Gasteiger partial charge < -0.3 is 9.64 Å². The monoisotopic (exact) mass is 409 g/mol. The highest BCUT2D eigenvalue weighted by molar-refractivity contribution is 7.99. The second kappa shape index (κ2) is 8.66. The van der Waals surface area contributed by atoms with Crippen LogP contribution in [0.15, 0.2) is 41.3 Å². The van der Waals surface area contributed by atoms with E-state index in [0.717, 1.165) is 6.42 Å². The minimum atomic E-state index is 0.0237. The molecule has 0 saturated carbocycles. The van der Waals surface area contributed by atoms with Gasteiger partial charge >= 0.3 is 0 Å². The summed E-state index contributed by atoms with van der Waals surface area (Å²) in [5, 5.41) is 1.07. The number of nitrogens with zero attached hydrogens (tertiary/aromatic N) is 1. The van der Waals surface area contributed by atoms with Crippen LogP contribution in [0.25, 0.3) is 0 Å². The molecule has 0 fully saturated rings. The smallest absolute Gasteiger partial charge is 0.227 e. The molecule has 1 unspecified atom stereocenters. The Morgan fingerprint density at radius 2 is 1.92 bits per heavy atom. The average molecular weight is 410 g/mol. The zero-order valence-corrected chi connectivity index (χ0v) is 17.1. The molecule has 2 aromatic rings. The normalized spacial score (nSPS) is 16.5. The lowest BCUT2D eigenvalue weighted by atomic mass is 9.93. The van der Waals surface area contributed by atoms with Crippen LogP contribution in [0.4, 0.5) is 0 Å². The van der Waals surface area contributed by atoms with Crippen LogP contribution in [-0.2, 0) is 22.4 Å². The van der Waals surface area contributed by atoms with Crippen LogP contribution >= 0.6 is 35.0 Å². The molecule has 138 valence electrons. The van der Waals surface area contributed by atoms with Crippen molar-refractivity contribution >= 4 is 40.9 Å². The van der Waals surface area contributed by atoms with E-state index in [2.05, 4.69) is 19.1 Å². The van der Waals surface area contributed by atoms with Crippen LogP contribution in [0.1, 0.15) is 29.7 Å². The fourth-order valence-corrected chi connectivity index (χ4v) is 4.73. The first-order valence-electron chi connectivity index (χ1n) is 8.48. The number of amides is 1. The van der Waals surface area contributed by atoms with Crippen LogP contribution in [-0.4, -0.2) is 30.4 Å². The number of benzene rings is 2. The molecule has 1 amide bonds. The second-order valence-electron chi connectivity index (χ2n) is 6.26. The third kappa shape index (κ3) is 4.04. The first-order chi connectivity index (χ1) is 12.5. The Balaban J connectivity index is 1.80. The molecule has 0 aromatic heterocycles. The van der Waals surface area contributed by atoms with Gasteiger partial charge in [0.25, 0.3) is 0 Å². The molecule has 1 aliphatic heterocycles. The number of thioether (sulfide) groups is 1. The van der Waals surface area contributed by atoms with Gasteiger partial charge in [-0.05, 0) is 48.2 Å². The molecular formula is C20H21Cl2NO2S. The maximum atomic E-state index is 12.9. The molecule has 0 N–H and O–H groups in total. The Morgan fingerprint density at radius 1 is 1.23 bits per heavy atom. The van der Waals surface area contributed by atoms with Gasteiger partial charge in [-0.2, -0.15) is 0 Å². The summed E-state index contributed by atoms with van der Waals surface area (Å²) in [5.41, 5.74) is 3.22. The van der Waals surface area contributed by atoms with E-state index in [4.69, 9.17) is 27.9 Å². The summed E-state index contributed by atoms with van der Waals surface area (Å²) in [6.07, 6.45) is 1.06. The lowest BCUT2D eigenvalue weighted by Gasteiger charge is -2.36. The molecule has 3 nitrogen and oxygen atoms in total. The van der Waals surface area contributed by atoms with E-state index in [1.807, 2.05) is 11.0 Å². The van der Waals surface area contributed by atoms with Gasteiger partial charge in [0.1, 0.15) is 0 Å². The van der Waals surface area contributed by atoms with Crippen LogP contribution in [0.3, 0.4) is 0 Å². The number of halogens is 2. The summed E-state index contributed by atoms with van der Waals surface area (Å²) in [5.74, 6) is 0.673. The van der Waals surface area contributed by atoms with E-state index in [0.29, 0.717) is 28.1 Å². The highest BCUT2D eigenvalue weighted by atomic mass is 35.5. The molecular weight excluding hydrogens is 389 g/mol. The number of methoxy groups -OCH3 is 1. The van der Waals surface area contributed by atoms with Crippen molar-refractivity contribution in [2.24, 2.45) is 0 Å². The second-order valence-corrected chi connectivity index (χ2v) is 8.04. The highest BCUT2D eigenvalue weighted by Crippen LogP contribution is 2.36. The predicted molar refractivity (Wildman–Crippen MR) is 108 cm³/mol. The Bertz CT molecular complexity index is 792. The molecule has 2 aromatic carbocycles. The summed E-state index contributed by atoms with van der Waals surface area (Å²) in [6, 6.07) is 11.6. The lowest BCUT2D eigenvalue weighted by molar-refractivity contribution is -0.133. The van der Waals surface area contributed by atoms with E-state index in [-0.39, 0.29) is 18.4 Å². The molecule has 3 rings (SSSR count). The van der Waals surface area contributed by atoms with Gasteiger partial charge in [0, 0.05) is 28.6 Å². The zero-order chi connectivity index (χ0) is 18.7. The number of ether oxygens (including phenoxy) is 1. The fourth-order valence-electron chi connectivity index (χ4n) is 3.39. The van der Waals surface area contributed by atoms with E-state index in [9.17, 15) is 4.79 Å². The molecule has 0 radical (unpaired) electrons. The number of rotatable bonds is 5. The third-order valence-electron chi connectivity index (χ3n) is 4.73. The number of carbonyl (C=O) groups is 1. The summed E-state index contributed by atoms with van der Waals surface area (Å²) in [6.45, 7) is 2.77. The average Bonchev–Trinajstić information content (AvgIpc) is 2.63. The Morgan fingerprint density at radius 3 is 2.62 bits per heavy atom. The number of hydrogen-bond acceptors (Lipinski definition) is 3. The van der Waals surface area contributed by atoms with E-state index in [1.165, 1.54) is 16.0 Å². The molecule has 0 saturated heterocycles. The SMILES string of the molecule is COCSc1cccc2c1CCN(C(=O)Cc1c(Cl)cccc1Cl)C2C. The van der Waals surface area contributed by atoms with Gasteiger partial charge in [-0.1, -0.05) is 53.2 Å². The molecule has 1 aliphatic rings.